The number of anilines is 1. The van der Waals surface area contributed by atoms with Gasteiger partial charge in [-0.25, -0.2) is 14.8 Å². The van der Waals surface area contributed by atoms with Crippen molar-refractivity contribution in [3.63, 3.8) is 0 Å². The molecule has 0 saturated carbocycles. The number of nitrogens with zero attached hydrogens (tertiary/aromatic N) is 5. The van der Waals surface area contributed by atoms with Crippen LogP contribution in [0.25, 0.3) is 0 Å². The minimum atomic E-state index is -1.06. The maximum Gasteiger partial charge on any atom is 0.410 e. The Morgan fingerprint density at radius 2 is 2.18 bits per heavy atom. The zero-order valence-electron chi connectivity index (χ0n) is 12.8. The molecule has 0 N–H and O–H groups in total. The molecular weight excluding hydrogens is 290 g/mol. The maximum atomic E-state index is 12.1. The molecule has 0 aromatic carbocycles. The number of rotatable bonds is 2. The molecule has 1 aromatic rings. The highest BCUT2D eigenvalue weighted by Gasteiger charge is 2.39. The molecule has 1 amide bonds. The summed E-state index contributed by atoms with van der Waals surface area (Å²) in [6.07, 6.45) is 1.27. The minimum absolute atomic E-state index is 0.0497. The van der Waals surface area contributed by atoms with Crippen LogP contribution in [0.2, 0.25) is 0 Å². The summed E-state index contributed by atoms with van der Waals surface area (Å²) in [7, 11) is 0. The van der Waals surface area contributed by atoms with Gasteiger partial charge in [0.25, 0.3) is 0 Å². The van der Waals surface area contributed by atoms with Crippen molar-refractivity contribution in [3.8, 4) is 0 Å². The van der Waals surface area contributed by atoms with E-state index in [1.807, 2.05) is 0 Å². The lowest BCUT2D eigenvalue weighted by Gasteiger charge is -2.37. The lowest BCUT2D eigenvalue weighted by Crippen LogP contribution is -2.58. The molecule has 120 valence electrons. The van der Waals surface area contributed by atoms with Crippen molar-refractivity contribution in [1.29, 1.82) is 0 Å². The van der Waals surface area contributed by atoms with E-state index in [1.54, 1.807) is 31.7 Å². The summed E-state index contributed by atoms with van der Waals surface area (Å²) in [4.78, 5) is 33.7. The Bertz CT molecular complexity index is 545. The monoisotopic (exact) mass is 309 g/mol. The Labute approximate surface area is 128 Å². The highest BCUT2D eigenvalue weighted by molar-refractivity contribution is 5.68. The summed E-state index contributed by atoms with van der Waals surface area (Å²) >= 11 is 0. The summed E-state index contributed by atoms with van der Waals surface area (Å²) < 4.78 is 5.27. The van der Waals surface area contributed by atoms with Gasteiger partial charge in [-0.15, -0.1) is 0 Å². The second kappa shape index (κ2) is 6.12. The zero-order valence-corrected chi connectivity index (χ0v) is 12.8. The molecule has 1 unspecified atom stereocenters. The second-order valence-corrected chi connectivity index (χ2v) is 5.95. The van der Waals surface area contributed by atoms with E-state index in [2.05, 4.69) is 9.97 Å². The first-order valence-corrected chi connectivity index (χ1v) is 6.92. The lowest BCUT2D eigenvalue weighted by atomic mass is 10.2. The summed E-state index contributed by atoms with van der Waals surface area (Å²) in [6, 6.07) is 1.61. The average molecular weight is 309 g/mol. The van der Waals surface area contributed by atoms with Gasteiger partial charge in [-0.2, -0.15) is 0 Å². The number of amides is 1. The SMILES string of the molecule is CC(C)(C)OC(=O)N1CCN(c2ccncn2)C([N+](=O)[O-])C1. The molecule has 1 aromatic heterocycles. The summed E-state index contributed by atoms with van der Waals surface area (Å²) in [5.41, 5.74) is -0.634. The molecule has 1 aliphatic rings. The average Bonchev–Trinajstić information content (AvgIpc) is 2.45. The summed E-state index contributed by atoms with van der Waals surface area (Å²) in [5, 5.41) is 11.3. The molecular formula is C13H19N5O4. The number of ether oxygens (including phenoxy) is 1. The quantitative estimate of drug-likeness (QED) is 0.596. The number of nitro groups is 1. The molecule has 9 nitrogen and oxygen atoms in total. The fourth-order valence-electron chi connectivity index (χ4n) is 2.16. The Balaban J connectivity index is 2.12. The van der Waals surface area contributed by atoms with Crippen LogP contribution in [0.15, 0.2) is 18.6 Å². The standard InChI is InChI=1S/C13H19N5O4/c1-13(2,3)22-12(19)16-6-7-17(11(8-16)18(20)21)10-4-5-14-9-15-10/h4-5,9,11H,6-8H2,1-3H3. The predicted octanol–water partition coefficient (Wildman–Crippen LogP) is 1.14. The van der Waals surface area contributed by atoms with Crippen molar-refractivity contribution >= 4 is 11.9 Å². The Hall–Kier alpha value is -2.45. The molecule has 1 saturated heterocycles. The molecule has 0 radical (unpaired) electrons. The van der Waals surface area contributed by atoms with Crippen LogP contribution in [-0.2, 0) is 4.74 Å². The third kappa shape index (κ3) is 3.80. The molecule has 2 rings (SSSR count). The Morgan fingerprint density at radius 3 is 2.73 bits per heavy atom. The first-order valence-electron chi connectivity index (χ1n) is 6.92. The number of hydrogen-bond acceptors (Lipinski definition) is 7. The fourth-order valence-corrected chi connectivity index (χ4v) is 2.16. The lowest BCUT2D eigenvalue weighted by molar-refractivity contribution is -0.523. The molecule has 0 spiro atoms. The molecule has 1 aliphatic heterocycles. The molecule has 1 atom stereocenters. The predicted molar refractivity (Wildman–Crippen MR) is 78.0 cm³/mol. The number of hydrogen-bond donors (Lipinski definition) is 0. The van der Waals surface area contributed by atoms with E-state index in [1.165, 1.54) is 17.4 Å². The van der Waals surface area contributed by atoms with Crippen LogP contribution in [0, 0.1) is 10.1 Å². The van der Waals surface area contributed by atoms with Crippen molar-refractivity contribution in [2.75, 3.05) is 24.5 Å². The van der Waals surface area contributed by atoms with Crippen molar-refractivity contribution in [1.82, 2.24) is 14.9 Å². The topological polar surface area (TPSA) is 102 Å². The largest absolute Gasteiger partial charge is 0.444 e. The Kier molecular flexibility index (Phi) is 4.43. The minimum Gasteiger partial charge on any atom is -0.444 e. The van der Waals surface area contributed by atoms with Gasteiger partial charge in [0, 0.05) is 24.2 Å². The van der Waals surface area contributed by atoms with Gasteiger partial charge in [-0.05, 0) is 26.8 Å². The highest BCUT2D eigenvalue weighted by atomic mass is 16.6. The fraction of sp³-hybridized carbons (Fsp3) is 0.615. The van der Waals surface area contributed by atoms with E-state index in [4.69, 9.17) is 4.74 Å². The van der Waals surface area contributed by atoms with Crippen LogP contribution < -0.4 is 4.90 Å². The van der Waals surface area contributed by atoms with Gasteiger partial charge in [-0.1, -0.05) is 0 Å². The first-order chi connectivity index (χ1) is 10.3. The molecule has 0 aliphatic carbocycles. The molecule has 1 fully saturated rings. The normalized spacial score (nSPS) is 19.0. The van der Waals surface area contributed by atoms with E-state index in [9.17, 15) is 14.9 Å². The van der Waals surface area contributed by atoms with E-state index in [0.717, 1.165) is 0 Å². The smallest absolute Gasteiger partial charge is 0.410 e. The van der Waals surface area contributed by atoms with Crippen LogP contribution in [0.3, 0.4) is 0 Å². The van der Waals surface area contributed by atoms with Gasteiger partial charge >= 0.3 is 12.3 Å². The molecule has 0 bridgehead atoms. The van der Waals surface area contributed by atoms with Crippen LogP contribution >= 0.6 is 0 Å². The van der Waals surface area contributed by atoms with Crippen LogP contribution in [0.5, 0.6) is 0 Å². The van der Waals surface area contributed by atoms with Crippen molar-refractivity contribution < 1.29 is 14.5 Å². The Morgan fingerprint density at radius 1 is 1.45 bits per heavy atom. The van der Waals surface area contributed by atoms with Gasteiger partial charge in [0.2, 0.25) is 0 Å². The van der Waals surface area contributed by atoms with E-state index in [0.29, 0.717) is 18.9 Å². The molecule has 22 heavy (non-hydrogen) atoms. The number of carbonyl (C=O) groups excluding carboxylic acids is 1. The van der Waals surface area contributed by atoms with Gasteiger partial charge in [0.15, 0.2) is 0 Å². The maximum absolute atomic E-state index is 12.1. The summed E-state index contributed by atoms with van der Waals surface area (Å²) in [6.45, 7) is 5.87. The van der Waals surface area contributed by atoms with Crippen molar-refractivity contribution in [2.24, 2.45) is 0 Å². The number of aromatic nitrogens is 2. The summed E-state index contributed by atoms with van der Waals surface area (Å²) in [5.74, 6) is 0.473. The van der Waals surface area contributed by atoms with E-state index in [-0.39, 0.29) is 6.54 Å². The van der Waals surface area contributed by atoms with Gasteiger partial charge < -0.3 is 4.74 Å². The van der Waals surface area contributed by atoms with Gasteiger partial charge in [-0.3, -0.25) is 19.9 Å². The third-order valence-corrected chi connectivity index (χ3v) is 3.11. The molecule has 2 heterocycles. The van der Waals surface area contributed by atoms with Crippen LogP contribution in [0.4, 0.5) is 10.6 Å². The van der Waals surface area contributed by atoms with E-state index < -0.39 is 22.8 Å². The highest BCUT2D eigenvalue weighted by Crippen LogP contribution is 2.19. The second-order valence-electron chi connectivity index (χ2n) is 5.95. The number of piperazine rings is 1. The third-order valence-electron chi connectivity index (χ3n) is 3.11. The van der Waals surface area contributed by atoms with Crippen LogP contribution in [-0.4, -0.2) is 57.3 Å². The van der Waals surface area contributed by atoms with Crippen molar-refractivity contribution in [3.05, 3.63) is 28.7 Å². The number of carbonyl (C=O) groups is 1. The van der Waals surface area contributed by atoms with E-state index >= 15 is 0 Å². The first kappa shape index (κ1) is 15.9. The van der Waals surface area contributed by atoms with Crippen molar-refractivity contribution in [2.45, 2.75) is 32.5 Å². The zero-order chi connectivity index (χ0) is 16.3. The van der Waals surface area contributed by atoms with Crippen LogP contribution in [0.1, 0.15) is 20.8 Å². The van der Waals surface area contributed by atoms with Gasteiger partial charge in [0.05, 0.1) is 0 Å². The molecule has 9 heteroatoms. The van der Waals surface area contributed by atoms with Gasteiger partial charge in [0.1, 0.15) is 24.3 Å².